The van der Waals surface area contributed by atoms with Crippen molar-refractivity contribution >= 4 is 61.8 Å². The predicted octanol–water partition coefficient (Wildman–Crippen LogP) is 3.71. The van der Waals surface area contributed by atoms with E-state index in [0.717, 1.165) is 86.9 Å². The summed E-state index contributed by atoms with van der Waals surface area (Å²) in [4.78, 5) is 58.9. The van der Waals surface area contributed by atoms with Crippen LogP contribution >= 0.6 is 0 Å². The van der Waals surface area contributed by atoms with Crippen LogP contribution in [0.5, 0.6) is 5.75 Å². The number of likely N-dealkylation sites (tertiary alicyclic amines) is 1. The minimum atomic E-state index is -4.01. The standard InChI is InChI=1S/C43H45N9O8S/c1-59-35-18-28(24-51-14-3-13-44-51)19-36-38(35)39(46-60-36)47-61(57,58)31-5-2-4-29(20-31)50-25-43(26-50)11-16-48(17-12-43)22-27-10-15-49(23-27)30-6-7-32-33(21-30)42(56)52(41(32)55)34-8-9-37(53)45-40(34)54/h2-7,13-14,18-21,27,34H,8-12,15-17,22-26H2,1H3,(H,46,47)(H,45,53,54). The molecule has 4 amide bonds. The zero-order chi connectivity index (χ0) is 42.0. The zero-order valence-corrected chi connectivity index (χ0v) is 34.4. The van der Waals surface area contributed by atoms with Gasteiger partial charge in [0, 0.05) is 68.3 Å². The number of amides is 4. The van der Waals surface area contributed by atoms with Gasteiger partial charge in [0.2, 0.25) is 11.8 Å². The maximum atomic E-state index is 13.7. The average molecular weight is 848 g/mol. The molecular formula is C43H45N9O8S. The van der Waals surface area contributed by atoms with E-state index >= 15 is 0 Å². The summed E-state index contributed by atoms with van der Waals surface area (Å²) in [5.41, 5.74) is 3.78. The molecule has 0 aliphatic carbocycles. The number of nitrogens with zero attached hydrogens (tertiary/aromatic N) is 7. The highest BCUT2D eigenvalue weighted by Crippen LogP contribution is 2.44. The average Bonchev–Trinajstić information content (AvgIpc) is 4.06. The van der Waals surface area contributed by atoms with Crippen LogP contribution in [0.1, 0.15) is 58.4 Å². The molecule has 1 spiro atoms. The van der Waals surface area contributed by atoms with E-state index in [1.165, 1.54) is 7.11 Å². The molecule has 316 valence electrons. The molecule has 5 aliphatic rings. The number of methoxy groups -OCH3 is 1. The molecule has 0 radical (unpaired) electrons. The summed E-state index contributed by atoms with van der Waals surface area (Å²) in [5, 5.41) is 11.0. The number of imide groups is 2. The van der Waals surface area contributed by atoms with Gasteiger partial charge in [0.1, 0.15) is 17.2 Å². The van der Waals surface area contributed by atoms with Gasteiger partial charge in [-0.1, -0.05) is 11.2 Å². The van der Waals surface area contributed by atoms with Crippen LogP contribution in [0.2, 0.25) is 0 Å². The van der Waals surface area contributed by atoms with E-state index < -0.39 is 39.7 Å². The molecule has 0 saturated carbocycles. The summed E-state index contributed by atoms with van der Waals surface area (Å²) in [6, 6.07) is 16.8. The van der Waals surface area contributed by atoms with Crippen LogP contribution in [0.25, 0.3) is 11.0 Å². The van der Waals surface area contributed by atoms with E-state index in [4.69, 9.17) is 9.26 Å². The molecular weight excluding hydrogens is 803 g/mol. The minimum Gasteiger partial charge on any atom is -0.496 e. The van der Waals surface area contributed by atoms with Gasteiger partial charge in [-0.05, 0) is 105 Å². The van der Waals surface area contributed by atoms with E-state index in [-0.39, 0.29) is 34.5 Å². The fraction of sp³-hybridized carbons (Fsp3) is 0.395. The van der Waals surface area contributed by atoms with Crippen LogP contribution < -0.4 is 24.6 Å². The van der Waals surface area contributed by atoms with Gasteiger partial charge >= 0.3 is 0 Å². The number of ether oxygens (including phenoxy) is 1. The maximum absolute atomic E-state index is 13.7. The number of hydrogen-bond donors (Lipinski definition) is 2. The van der Waals surface area contributed by atoms with Gasteiger partial charge in [-0.15, -0.1) is 0 Å². The monoisotopic (exact) mass is 847 g/mol. The molecule has 2 N–H and O–H groups in total. The van der Waals surface area contributed by atoms with Crippen LogP contribution in [0.15, 0.2) is 82.5 Å². The molecule has 7 heterocycles. The number of piperidine rings is 2. The Morgan fingerprint density at radius 3 is 2.49 bits per heavy atom. The van der Waals surface area contributed by atoms with E-state index in [0.29, 0.717) is 34.7 Å². The first-order chi connectivity index (χ1) is 29.5. The predicted molar refractivity (Wildman–Crippen MR) is 223 cm³/mol. The molecule has 2 aromatic heterocycles. The second kappa shape index (κ2) is 15.0. The summed E-state index contributed by atoms with van der Waals surface area (Å²) in [7, 11) is -2.50. The Morgan fingerprint density at radius 2 is 1.72 bits per heavy atom. The Labute approximate surface area is 351 Å². The summed E-state index contributed by atoms with van der Waals surface area (Å²) < 4.78 is 43.0. The van der Waals surface area contributed by atoms with Gasteiger partial charge < -0.3 is 24.0 Å². The number of nitrogens with one attached hydrogen (secondary N) is 2. The molecule has 5 aromatic rings. The summed E-state index contributed by atoms with van der Waals surface area (Å²) in [6.07, 6.45) is 6.90. The molecule has 4 saturated heterocycles. The molecule has 0 bridgehead atoms. The molecule has 2 unspecified atom stereocenters. The first kappa shape index (κ1) is 38.9. The van der Waals surface area contributed by atoms with Crippen molar-refractivity contribution in [1.29, 1.82) is 0 Å². The number of hydrogen-bond acceptors (Lipinski definition) is 13. The molecule has 18 heteroatoms. The maximum Gasteiger partial charge on any atom is 0.263 e. The van der Waals surface area contributed by atoms with Gasteiger partial charge in [0.25, 0.3) is 21.8 Å². The summed E-state index contributed by atoms with van der Waals surface area (Å²) >= 11 is 0. The van der Waals surface area contributed by atoms with Crippen LogP contribution in [0.3, 0.4) is 0 Å². The lowest BCUT2D eigenvalue weighted by atomic mass is 9.71. The van der Waals surface area contributed by atoms with Crippen LogP contribution in [-0.2, 0) is 26.2 Å². The zero-order valence-electron chi connectivity index (χ0n) is 33.6. The molecule has 3 aromatic carbocycles. The Bertz CT molecular complexity index is 2680. The number of sulfonamides is 1. The van der Waals surface area contributed by atoms with Crippen molar-refractivity contribution in [3.63, 3.8) is 0 Å². The number of benzene rings is 3. The van der Waals surface area contributed by atoms with Crippen molar-refractivity contribution in [2.45, 2.75) is 49.6 Å². The van der Waals surface area contributed by atoms with E-state index in [9.17, 15) is 27.6 Å². The lowest BCUT2D eigenvalue weighted by Gasteiger charge is -2.55. The molecule has 61 heavy (non-hydrogen) atoms. The highest BCUT2D eigenvalue weighted by molar-refractivity contribution is 7.92. The lowest BCUT2D eigenvalue weighted by Crippen LogP contribution is -2.60. The van der Waals surface area contributed by atoms with Crippen LogP contribution in [0, 0.1) is 11.3 Å². The number of aromatic nitrogens is 3. The normalized spacial score (nSPS) is 21.6. The smallest absolute Gasteiger partial charge is 0.263 e. The third-order valence-electron chi connectivity index (χ3n) is 13.0. The highest BCUT2D eigenvalue weighted by Gasteiger charge is 2.47. The van der Waals surface area contributed by atoms with Gasteiger partial charge in [0.05, 0.1) is 29.7 Å². The summed E-state index contributed by atoms with van der Waals surface area (Å²) in [5.74, 6) is -1.05. The van der Waals surface area contributed by atoms with Crippen molar-refractivity contribution < 1.29 is 36.9 Å². The Morgan fingerprint density at radius 1 is 0.918 bits per heavy atom. The Balaban J connectivity index is 0.724. The Hall–Kier alpha value is -6.27. The van der Waals surface area contributed by atoms with E-state index in [1.54, 1.807) is 47.3 Å². The van der Waals surface area contributed by atoms with Crippen LogP contribution in [-0.4, -0.2) is 116 Å². The van der Waals surface area contributed by atoms with Crippen molar-refractivity contribution in [3.05, 3.63) is 89.7 Å². The second-order valence-corrected chi connectivity index (χ2v) is 18.6. The fourth-order valence-electron chi connectivity index (χ4n) is 9.74. The first-order valence-electron chi connectivity index (χ1n) is 20.6. The van der Waals surface area contributed by atoms with Gasteiger partial charge in [0.15, 0.2) is 11.4 Å². The SMILES string of the molecule is COc1cc(Cn2cccn2)cc2onc(NS(=O)(=O)c3cccc(N4CC5(CCN(CC6CCN(c7ccc8c(c7)C(=O)N(C7CCC(=O)NC7=O)C8=O)C6)CC5)C4)c3)c12. The first-order valence-corrected chi connectivity index (χ1v) is 22.1. The van der Waals surface area contributed by atoms with Crippen molar-refractivity contribution in [2.75, 3.05) is 67.4 Å². The van der Waals surface area contributed by atoms with Crippen LogP contribution in [0.4, 0.5) is 17.2 Å². The summed E-state index contributed by atoms with van der Waals surface area (Å²) in [6.45, 7) is 6.86. The van der Waals surface area contributed by atoms with E-state index in [2.05, 4.69) is 35.0 Å². The minimum absolute atomic E-state index is 0.0559. The largest absolute Gasteiger partial charge is 0.496 e. The number of carbonyl (C=O) groups excluding carboxylic acids is 4. The van der Waals surface area contributed by atoms with Crippen molar-refractivity contribution in [1.82, 2.24) is 30.1 Å². The second-order valence-electron chi connectivity index (χ2n) is 16.9. The number of fused-ring (bicyclic) bond motifs is 2. The lowest BCUT2D eigenvalue weighted by molar-refractivity contribution is -0.136. The number of carbonyl (C=O) groups is 4. The fourth-order valence-corrected chi connectivity index (χ4v) is 10.8. The van der Waals surface area contributed by atoms with Gasteiger partial charge in [-0.25, -0.2) is 8.42 Å². The molecule has 2 atom stereocenters. The number of anilines is 3. The third-order valence-corrected chi connectivity index (χ3v) is 14.3. The third kappa shape index (κ3) is 7.16. The molecule has 5 aliphatic heterocycles. The highest BCUT2D eigenvalue weighted by atomic mass is 32.2. The van der Waals surface area contributed by atoms with Crippen molar-refractivity contribution in [3.8, 4) is 5.75 Å². The van der Waals surface area contributed by atoms with Gasteiger partial charge in [-0.3, -0.25) is 38.8 Å². The molecule has 4 fully saturated rings. The molecule has 10 rings (SSSR count). The quantitative estimate of drug-likeness (QED) is 0.183. The van der Waals surface area contributed by atoms with Crippen molar-refractivity contribution in [2.24, 2.45) is 11.3 Å². The Kier molecular flexibility index (Phi) is 9.58. The van der Waals surface area contributed by atoms with Gasteiger partial charge in [-0.2, -0.15) is 5.10 Å². The van der Waals surface area contributed by atoms with E-state index in [1.807, 2.05) is 30.5 Å². The number of rotatable bonds is 11. The molecule has 17 nitrogen and oxygen atoms in total. The topological polar surface area (TPSA) is 193 Å².